The normalized spacial score (nSPS) is 15.0. The van der Waals surface area contributed by atoms with Gasteiger partial charge in [0.15, 0.2) is 11.6 Å². The minimum atomic E-state index is -0.989. The number of halogens is 1. The Morgan fingerprint density at radius 1 is 1.62 bits per heavy atom. The Morgan fingerprint density at radius 3 is 2.67 bits per heavy atom. The zero-order valence-corrected chi connectivity index (χ0v) is 12.1. The van der Waals surface area contributed by atoms with E-state index in [1.807, 2.05) is 0 Å². The van der Waals surface area contributed by atoms with Gasteiger partial charge in [-0.3, -0.25) is 14.9 Å². The van der Waals surface area contributed by atoms with Gasteiger partial charge in [0.05, 0.1) is 22.6 Å². The number of hydrogen-bond donors (Lipinski definition) is 2. The van der Waals surface area contributed by atoms with Crippen LogP contribution in [0.25, 0.3) is 0 Å². The Bertz CT molecular complexity index is 552. The lowest BCUT2D eigenvalue weighted by Crippen LogP contribution is -2.53. The standard InChI is InChI=1S/C13H18FN3O4/c1-8(7-13(2,16-3)12(15)18)21-11-5-4-9(17(19)20)6-10(11)14/h4-6,8,16H,7H2,1-3H3,(H2,15,18). The molecule has 1 aromatic rings. The van der Waals surface area contributed by atoms with Gasteiger partial charge in [0.25, 0.3) is 5.69 Å². The van der Waals surface area contributed by atoms with Gasteiger partial charge in [0, 0.05) is 12.5 Å². The van der Waals surface area contributed by atoms with E-state index in [0.717, 1.165) is 12.1 Å². The maximum absolute atomic E-state index is 13.7. The van der Waals surface area contributed by atoms with Gasteiger partial charge in [0.2, 0.25) is 5.91 Å². The van der Waals surface area contributed by atoms with Gasteiger partial charge < -0.3 is 15.8 Å². The lowest BCUT2D eigenvalue weighted by atomic mass is 9.94. The summed E-state index contributed by atoms with van der Waals surface area (Å²) in [5.41, 5.74) is 3.95. The van der Waals surface area contributed by atoms with Crippen molar-refractivity contribution in [2.75, 3.05) is 7.05 Å². The molecule has 0 saturated heterocycles. The molecule has 0 radical (unpaired) electrons. The van der Waals surface area contributed by atoms with Gasteiger partial charge in [0.1, 0.15) is 0 Å². The SMILES string of the molecule is CNC(C)(CC(C)Oc1ccc([N+](=O)[O-])cc1F)C(N)=O. The third-order valence-electron chi connectivity index (χ3n) is 3.25. The lowest BCUT2D eigenvalue weighted by molar-refractivity contribution is -0.385. The van der Waals surface area contributed by atoms with Crippen molar-refractivity contribution in [1.29, 1.82) is 0 Å². The molecule has 1 amide bonds. The topological polar surface area (TPSA) is 107 Å². The van der Waals surface area contributed by atoms with Crippen LogP contribution in [-0.2, 0) is 4.79 Å². The quantitative estimate of drug-likeness (QED) is 0.583. The molecular weight excluding hydrogens is 281 g/mol. The Hall–Kier alpha value is -2.22. The molecule has 3 N–H and O–H groups in total. The summed E-state index contributed by atoms with van der Waals surface area (Å²) in [7, 11) is 1.59. The Kier molecular flexibility index (Phi) is 5.20. The molecule has 0 aromatic heterocycles. The average Bonchev–Trinajstić information content (AvgIpc) is 2.40. The highest BCUT2D eigenvalue weighted by atomic mass is 19.1. The minimum Gasteiger partial charge on any atom is -0.488 e. The van der Waals surface area contributed by atoms with E-state index in [4.69, 9.17) is 10.5 Å². The van der Waals surface area contributed by atoms with Crippen molar-refractivity contribution < 1.29 is 18.8 Å². The second-order valence-corrected chi connectivity index (χ2v) is 4.95. The van der Waals surface area contributed by atoms with Gasteiger partial charge in [-0.25, -0.2) is 4.39 Å². The van der Waals surface area contributed by atoms with Crippen LogP contribution < -0.4 is 15.8 Å². The molecule has 116 valence electrons. The number of nitrogens with two attached hydrogens (primary N) is 1. The van der Waals surface area contributed by atoms with E-state index in [0.29, 0.717) is 0 Å². The number of amides is 1. The smallest absolute Gasteiger partial charge is 0.272 e. The average molecular weight is 299 g/mol. The number of benzene rings is 1. The summed E-state index contributed by atoms with van der Waals surface area (Å²) in [6.07, 6.45) is -0.305. The van der Waals surface area contributed by atoms with Gasteiger partial charge in [-0.05, 0) is 27.0 Å². The summed E-state index contributed by atoms with van der Waals surface area (Å²) in [4.78, 5) is 21.2. The first-order valence-corrected chi connectivity index (χ1v) is 6.29. The molecule has 0 aliphatic rings. The summed E-state index contributed by atoms with van der Waals surface area (Å²) < 4.78 is 19.1. The van der Waals surface area contributed by atoms with Crippen molar-refractivity contribution in [3.8, 4) is 5.75 Å². The van der Waals surface area contributed by atoms with Crippen LogP contribution in [0.2, 0.25) is 0 Å². The van der Waals surface area contributed by atoms with Gasteiger partial charge >= 0.3 is 0 Å². The zero-order valence-electron chi connectivity index (χ0n) is 12.1. The maximum Gasteiger partial charge on any atom is 0.272 e. The van der Waals surface area contributed by atoms with Crippen LogP contribution in [0, 0.1) is 15.9 Å². The first kappa shape index (κ1) is 16.8. The molecule has 0 bridgehead atoms. The van der Waals surface area contributed by atoms with E-state index in [2.05, 4.69) is 5.32 Å². The number of hydrogen-bond acceptors (Lipinski definition) is 5. The first-order chi connectivity index (χ1) is 9.69. The molecule has 7 nitrogen and oxygen atoms in total. The van der Waals surface area contributed by atoms with Crippen LogP contribution in [0.1, 0.15) is 20.3 Å². The Balaban J connectivity index is 2.82. The van der Waals surface area contributed by atoms with Crippen molar-refractivity contribution >= 4 is 11.6 Å². The number of nitrogens with one attached hydrogen (secondary N) is 1. The van der Waals surface area contributed by atoms with E-state index in [1.54, 1.807) is 20.9 Å². The number of ether oxygens (including phenoxy) is 1. The molecule has 0 aliphatic heterocycles. The molecule has 0 saturated carbocycles. The molecule has 0 aliphatic carbocycles. The van der Waals surface area contributed by atoms with E-state index in [-0.39, 0.29) is 17.9 Å². The monoisotopic (exact) mass is 299 g/mol. The third kappa shape index (κ3) is 4.12. The van der Waals surface area contributed by atoms with Gasteiger partial charge in [-0.2, -0.15) is 0 Å². The van der Waals surface area contributed by atoms with Crippen molar-refractivity contribution in [3.05, 3.63) is 34.1 Å². The number of rotatable bonds is 7. The van der Waals surface area contributed by atoms with Crippen LogP contribution in [-0.4, -0.2) is 29.5 Å². The number of nitrogens with zero attached hydrogens (tertiary/aromatic N) is 1. The highest BCUT2D eigenvalue weighted by molar-refractivity contribution is 5.84. The molecule has 1 rings (SSSR count). The van der Waals surface area contributed by atoms with Crippen LogP contribution >= 0.6 is 0 Å². The molecule has 2 unspecified atom stereocenters. The summed E-state index contributed by atoms with van der Waals surface area (Å²) >= 11 is 0. The molecule has 0 fully saturated rings. The zero-order chi connectivity index (χ0) is 16.2. The predicted molar refractivity (Wildman–Crippen MR) is 74.4 cm³/mol. The van der Waals surface area contributed by atoms with Gasteiger partial charge in [-0.1, -0.05) is 0 Å². The van der Waals surface area contributed by atoms with Gasteiger partial charge in [-0.15, -0.1) is 0 Å². The van der Waals surface area contributed by atoms with Crippen molar-refractivity contribution in [1.82, 2.24) is 5.32 Å². The van der Waals surface area contributed by atoms with Crippen molar-refractivity contribution in [2.24, 2.45) is 5.73 Å². The minimum absolute atomic E-state index is 0.115. The maximum atomic E-state index is 13.7. The largest absolute Gasteiger partial charge is 0.488 e. The summed E-state index contributed by atoms with van der Waals surface area (Å²) in [6.45, 7) is 3.26. The number of nitro benzene ring substituents is 1. The fraction of sp³-hybridized carbons (Fsp3) is 0.462. The fourth-order valence-corrected chi connectivity index (χ4v) is 1.86. The number of likely N-dealkylation sites (N-methyl/N-ethyl adjacent to an activating group) is 1. The van der Waals surface area contributed by atoms with E-state index < -0.39 is 28.3 Å². The Labute approximate surface area is 121 Å². The second-order valence-electron chi connectivity index (χ2n) is 4.95. The van der Waals surface area contributed by atoms with Crippen molar-refractivity contribution in [2.45, 2.75) is 31.9 Å². The third-order valence-corrected chi connectivity index (χ3v) is 3.25. The summed E-state index contributed by atoms with van der Waals surface area (Å²) in [6, 6.07) is 3.12. The van der Waals surface area contributed by atoms with Crippen LogP contribution in [0.15, 0.2) is 18.2 Å². The second kappa shape index (κ2) is 6.49. The number of carbonyl (C=O) groups is 1. The van der Waals surface area contributed by atoms with Crippen LogP contribution in [0.3, 0.4) is 0 Å². The molecule has 21 heavy (non-hydrogen) atoms. The molecule has 0 spiro atoms. The molecule has 0 heterocycles. The molecule has 2 atom stereocenters. The Morgan fingerprint density at radius 2 is 2.24 bits per heavy atom. The van der Waals surface area contributed by atoms with E-state index in [1.165, 1.54) is 6.07 Å². The first-order valence-electron chi connectivity index (χ1n) is 6.29. The highest BCUT2D eigenvalue weighted by Gasteiger charge is 2.32. The molecule has 1 aromatic carbocycles. The fourth-order valence-electron chi connectivity index (χ4n) is 1.86. The summed E-state index contributed by atoms with van der Waals surface area (Å²) in [5, 5.41) is 13.3. The van der Waals surface area contributed by atoms with Crippen molar-refractivity contribution in [3.63, 3.8) is 0 Å². The lowest BCUT2D eigenvalue weighted by Gasteiger charge is -2.28. The van der Waals surface area contributed by atoms with E-state index in [9.17, 15) is 19.3 Å². The summed E-state index contributed by atoms with van der Waals surface area (Å²) in [5.74, 6) is -1.50. The number of non-ortho nitro benzene ring substituents is 1. The highest BCUT2D eigenvalue weighted by Crippen LogP contribution is 2.25. The van der Waals surface area contributed by atoms with Crippen LogP contribution in [0.4, 0.5) is 10.1 Å². The molecular formula is C13H18FN3O4. The number of primary amides is 1. The predicted octanol–water partition coefficient (Wildman–Crippen LogP) is 1.35. The van der Waals surface area contributed by atoms with E-state index >= 15 is 0 Å². The molecule has 8 heteroatoms. The number of carbonyl (C=O) groups excluding carboxylic acids is 1. The van der Waals surface area contributed by atoms with Crippen LogP contribution in [0.5, 0.6) is 5.75 Å². The number of nitro groups is 1.